The van der Waals surface area contributed by atoms with Gasteiger partial charge in [-0.05, 0) is 78.5 Å². The number of piperidine rings is 1. The molecule has 0 amide bonds. The van der Waals surface area contributed by atoms with Crippen LogP contribution in [-0.4, -0.2) is 47.3 Å². The van der Waals surface area contributed by atoms with E-state index in [0.717, 1.165) is 41.7 Å². The molecule has 5 rings (SSSR count). The number of fused-ring (bicyclic) bond motifs is 2. The minimum atomic E-state index is -0.583. The highest BCUT2D eigenvalue weighted by atomic mass is 16.5. The summed E-state index contributed by atoms with van der Waals surface area (Å²) in [5.41, 5.74) is 3.09. The van der Waals surface area contributed by atoms with E-state index in [1.165, 1.54) is 29.2 Å². The second-order valence-electron chi connectivity index (χ2n) is 9.71. The van der Waals surface area contributed by atoms with Gasteiger partial charge in [0.1, 0.15) is 5.75 Å². The van der Waals surface area contributed by atoms with E-state index in [2.05, 4.69) is 64.6 Å². The summed E-state index contributed by atoms with van der Waals surface area (Å²) in [6, 6.07) is 23.7. The van der Waals surface area contributed by atoms with Crippen molar-refractivity contribution in [2.75, 3.05) is 20.2 Å². The van der Waals surface area contributed by atoms with E-state index in [1.807, 2.05) is 24.3 Å². The van der Waals surface area contributed by atoms with Crippen LogP contribution < -0.4 is 10.1 Å². The summed E-state index contributed by atoms with van der Waals surface area (Å²) in [5.74, 6) is 0.779. The molecule has 5 nitrogen and oxygen atoms in total. The maximum atomic E-state index is 11.3. The monoisotopic (exact) mass is 469 g/mol. The lowest BCUT2D eigenvalue weighted by molar-refractivity contribution is 0.0544. The quantitative estimate of drug-likeness (QED) is 0.359. The number of pyridine rings is 1. The van der Waals surface area contributed by atoms with E-state index in [0.29, 0.717) is 18.6 Å². The van der Waals surface area contributed by atoms with Crippen LogP contribution in [0.1, 0.15) is 43.4 Å². The topological polar surface area (TPSA) is 57.6 Å². The van der Waals surface area contributed by atoms with Crippen LogP contribution >= 0.6 is 0 Å². The van der Waals surface area contributed by atoms with Gasteiger partial charge in [-0.1, -0.05) is 42.8 Å². The summed E-state index contributed by atoms with van der Waals surface area (Å²) in [6.07, 6.45) is 4.75. The van der Waals surface area contributed by atoms with Gasteiger partial charge in [0, 0.05) is 36.8 Å². The number of ether oxygens (including phenoxy) is 1. The molecule has 35 heavy (non-hydrogen) atoms. The Morgan fingerprint density at radius 2 is 1.91 bits per heavy atom. The summed E-state index contributed by atoms with van der Waals surface area (Å²) >= 11 is 0. The highest BCUT2D eigenvalue weighted by Crippen LogP contribution is 2.29. The minimum Gasteiger partial charge on any atom is -0.497 e. The zero-order valence-electron chi connectivity index (χ0n) is 20.7. The average Bonchev–Trinajstić information content (AvgIpc) is 2.91. The molecular formula is C30H35N3O2. The van der Waals surface area contributed by atoms with E-state index in [9.17, 15) is 5.11 Å². The molecule has 3 atom stereocenters. The first-order valence-corrected chi connectivity index (χ1v) is 12.7. The van der Waals surface area contributed by atoms with E-state index in [-0.39, 0.29) is 0 Å². The minimum absolute atomic E-state index is 0.322. The van der Waals surface area contributed by atoms with E-state index < -0.39 is 6.10 Å². The summed E-state index contributed by atoms with van der Waals surface area (Å²) in [6.45, 7) is 4.75. The summed E-state index contributed by atoms with van der Waals surface area (Å²) in [7, 11) is 1.66. The molecule has 3 aromatic carbocycles. The van der Waals surface area contributed by atoms with E-state index in [1.54, 1.807) is 13.3 Å². The molecule has 0 spiro atoms. The second kappa shape index (κ2) is 10.7. The van der Waals surface area contributed by atoms with Gasteiger partial charge in [0.25, 0.3) is 0 Å². The molecule has 0 aliphatic carbocycles. The van der Waals surface area contributed by atoms with Gasteiger partial charge in [-0.3, -0.25) is 9.88 Å². The van der Waals surface area contributed by atoms with Crippen LogP contribution in [0.5, 0.6) is 5.75 Å². The van der Waals surface area contributed by atoms with Crippen LogP contribution in [0.25, 0.3) is 21.7 Å². The van der Waals surface area contributed by atoms with Gasteiger partial charge in [-0.2, -0.15) is 0 Å². The number of hydrogen-bond donors (Lipinski definition) is 2. The number of aromatic nitrogens is 1. The number of nitrogens with one attached hydrogen (secondary N) is 1. The molecule has 2 N–H and O–H groups in total. The zero-order chi connectivity index (χ0) is 24.2. The smallest absolute Gasteiger partial charge is 0.119 e. The van der Waals surface area contributed by atoms with Crippen molar-refractivity contribution >= 4 is 21.7 Å². The molecule has 1 saturated heterocycles. The maximum absolute atomic E-state index is 11.3. The standard InChI is InChI=1S/C30H35N3O2/c1-21(32-19-22-10-11-23-7-3-4-8-24(23)17-22)29-9-5-6-16-33(29)20-30(34)26-14-15-31-28-13-12-25(35-2)18-27(26)28/h3-4,7-8,10-15,17-18,21,29-30,32,34H,5-6,9,16,19-20H2,1-2H3. The summed E-state index contributed by atoms with van der Waals surface area (Å²) < 4.78 is 5.41. The molecular weight excluding hydrogens is 434 g/mol. The van der Waals surface area contributed by atoms with Crippen molar-refractivity contribution in [3.63, 3.8) is 0 Å². The van der Waals surface area contributed by atoms with Crippen molar-refractivity contribution in [1.29, 1.82) is 0 Å². The first-order valence-electron chi connectivity index (χ1n) is 12.7. The number of benzene rings is 3. The predicted molar refractivity (Wildman–Crippen MR) is 143 cm³/mol. The molecule has 1 aromatic heterocycles. The van der Waals surface area contributed by atoms with Gasteiger partial charge in [-0.15, -0.1) is 0 Å². The van der Waals surface area contributed by atoms with Crippen LogP contribution in [0.2, 0.25) is 0 Å². The number of aliphatic hydroxyl groups excluding tert-OH is 1. The molecule has 0 radical (unpaired) electrons. The molecule has 182 valence electrons. The third-order valence-corrected chi connectivity index (χ3v) is 7.43. The maximum Gasteiger partial charge on any atom is 0.119 e. The van der Waals surface area contributed by atoms with Crippen molar-refractivity contribution in [3.05, 3.63) is 84.1 Å². The fraction of sp³-hybridized carbons (Fsp3) is 0.367. The van der Waals surface area contributed by atoms with Gasteiger partial charge in [-0.25, -0.2) is 0 Å². The first-order chi connectivity index (χ1) is 17.1. The van der Waals surface area contributed by atoms with Gasteiger partial charge in [0.05, 0.1) is 18.7 Å². The lowest BCUT2D eigenvalue weighted by atomic mass is 9.94. The van der Waals surface area contributed by atoms with Crippen LogP contribution in [0.4, 0.5) is 0 Å². The average molecular weight is 470 g/mol. The molecule has 5 heteroatoms. The van der Waals surface area contributed by atoms with Gasteiger partial charge < -0.3 is 15.2 Å². The van der Waals surface area contributed by atoms with E-state index >= 15 is 0 Å². The summed E-state index contributed by atoms with van der Waals surface area (Å²) in [5, 5.41) is 18.6. The van der Waals surface area contributed by atoms with Crippen molar-refractivity contribution < 1.29 is 9.84 Å². The SMILES string of the molecule is COc1ccc2nccc(C(O)CN3CCCCC3C(C)NCc3ccc4ccccc4c3)c2c1. The highest BCUT2D eigenvalue weighted by molar-refractivity contribution is 5.84. The van der Waals surface area contributed by atoms with Crippen molar-refractivity contribution in [1.82, 2.24) is 15.2 Å². The predicted octanol–water partition coefficient (Wildman–Crippen LogP) is 5.46. The largest absolute Gasteiger partial charge is 0.497 e. The molecule has 2 heterocycles. The Labute approximate surface area is 207 Å². The Morgan fingerprint density at radius 1 is 1.06 bits per heavy atom. The third kappa shape index (κ3) is 5.32. The van der Waals surface area contributed by atoms with Crippen molar-refractivity contribution in [2.45, 2.75) is 50.9 Å². The lowest BCUT2D eigenvalue weighted by Crippen LogP contribution is -2.51. The van der Waals surface area contributed by atoms with Crippen LogP contribution in [-0.2, 0) is 6.54 Å². The van der Waals surface area contributed by atoms with Crippen LogP contribution in [0.15, 0.2) is 72.9 Å². The normalized spacial score (nSPS) is 18.5. The molecule has 0 saturated carbocycles. The molecule has 1 aliphatic rings. The van der Waals surface area contributed by atoms with Gasteiger partial charge >= 0.3 is 0 Å². The van der Waals surface area contributed by atoms with Gasteiger partial charge in [0.15, 0.2) is 0 Å². The molecule has 1 fully saturated rings. The number of aliphatic hydroxyl groups is 1. The number of methoxy groups -OCH3 is 1. The first kappa shape index (κ1) is 23.7. The number of nitrogens with zero attached hydrogens (tertiary/aromatic N) is 2. The van der Waals surface area contributed by atoms with E-state index in [4.69, 9.17) is 4.74 Å². The number of likely N-dealkylation sites (tertiary alicyclic amines) is 1. The molecule has 4 aromatic rings. The number of rotatable bonds is 8. The highest BCUT2D eigenvalue weighted by Gasteiger charge is 2.29. The fourth-order valence-corrected chi connectivity index (χ4v) is 5.46. The molecule has 3 unspecified atom stereocenters. The zero-order valence-corrected chi connectivity index (χ0v) is 20.7. The Hall–Kier alpha value is -2.99. The number of β-amino-alcohol motifs (C(OH)–C–C–N with tert-alkyl or cyclic N) is 1. The fourth-order valence-electron chi connectivity index (χ4n) is 5.46. The Balaban J connectivity index is 1.28. The molecule has 1 aliphatic heterocycles. The lowest BCUT2D eigenvalue weighted by Gasteiger charge is -2.40. The summed E-state index contributed by atoms with van der Waals surface area (Å²) in [4.78, 5) is 6.94. The third-order valence-electron chi connectivity index (χ3n) is 7.43. The molecule has 0 bridgehead atoms. The van der Waals surface area contributed by atoms with Crippen LogP contribution in [0, 0.1) is 0 Å². The van der Waals surface area contributed by atoms with Crippen molar-refractivity contribution in [2.24, 2.45) is 0 Å². The second-order valence-corrected chi connectivity index (χ2v) is 9.71. The number of hydrogen-bond acceptors (Lipinski definition) is 5. The van der Waals surface area contributed by atoms with Crippen molar-refractivity contribution in [3.8, 4) is 5.75 Å². The Morgan fingerprint density at radius 3 is 2.77 bits per heavy atom. The Bertz CT molecular complexity index is 1290. The Kier molecular flexibility index (Phi) is 7.28. The van der Waals surface area contributed by atoms with Gasteiger partial charge in [0.2, 0.25) is 0 Å². The van der Waals surface area contributed by atoms with Crippen LogP contribution in [0.3, 0.4) is 0 Å².